The first-order valence-electron chi connectivity index (χ1n) is 18.1. The van der Waals surface area contributed by atoms with E-state index in [-0.39, 0.29) is 45.5 Å². The van der Waals surface area contributed by atoms with Gasteiger partial charge in [0, 0.05) is 11.2 Å². The zero-order valence-electron chi connectivity index (χ0n) is 28.9. The summed E-state index contributed by atoms with van der Waals surface area (Å²) in [4.78, 5) is 24.9. The van der Waals surface area contributed by atoms with Gasteiger partial charge in [-0.3, -0.25) is 4.79 Å². The number of halogens is 1. The summed E-state index contributed by atoms with van der Waals surface area (Å²) in [6, 6.07) is 13.7. The number of carboxylic acid groups (broad SMARTS) is 1. The van der Waals surface area contributed by atoms with Crippen molar-refractivity contribution in [1.82, 2.24) is 5.32 Å². The Morgan fingerprint density at radius 3 is 2.23 bits per heavy atom. The van der Waals surface area contributed by atoms with Crippen molar-refractivity contribution in [1.29, 1.82) is 0 Å². The number of nitrogens with one attached hydrogen (secondary N) is 2. The number of benzene rings is 2. The lowest BCUT2D eigenvalue weighted by atomic mass is 9.33. The quantitative estimate of drug-likeness (QED) is 0.294. The number of amides is 1. The SMILES string of the molecule is CC1(C)C(c2ccc(C(=O)O)cc2)=CC[C@@]2(C)C1CC[C@]1(C)C2CC[C@@H]2C3CCC[C@]3(NC(=O)CNc3ccc(F)cc3)CC[C@]21C. The molecule has 0 radical (unpaired) electrons. The van der Waals surface area contributed by atoms with Gasteiger partial charge in [-0.2, -0.15) is 0 Å². The van der Waals surface area contributed by atoms with Crippen molar-refractivity contribution in [2.45, 2.75) is 104 Å². The highest BCUT2D eigenvalue weighted by atomic mass is 19.1. The molecule has 4 saturated carbocycles. The molecule has 0 bridgehead atoms. The fourth-order valence-electron chi connectivity index (χ4n) is 12.7. The van der Waals surface area contributed by atoms with Gasteiger partial charge in [-0.25, -0.2) is 9.18 Å². The van der Waals surface area contributed by atoms with Crippen LogP contribution >= 0.6 is 0 Å². The molecule has 3 unspecified atom stereocenters. The Morgan fingerprint density at radius 1 is 0.809 bits per heavy atom. The molecule has 3 N–H and O–H groups in total. The van der Waals surface area contributed by atoms with Crippen LogP contribution in [-0.2, 0) is 4.79 Å². The van der Waals surface area contributed by atoms with Crippen molar-refractivity contribution in [3.8, 4) is 0 Å². The van der Waals surface area contributed by atoms with Crippen LogP contribution in [0.15, 0.2) is 54.6 Å². The van der Waals surface area contributed by atoms with Gasteiger partial charge in [0.2, 0.25) is 5.91 Å². The van der Waals surface area contributed by atoms with Crippen LogP contribution < -0.4 is 10.6 Å². The molecule has 252 valence electrons. The first-order chi connectivity index (χ1) is 22.2. The molecule has 5 aliphatic rings. The molecule has 7 rings (SSSR count). The second-order valence-electron chi connectivity index (χ2n) is 17.2. The smallest absolute Gasteiger partial charge is 0.335 e. The molecule has 0 aromatic heterocycles. The molecule has 0 saturated heterocycles. The highest BCUT2D eigenvalue weighted by molar-refractivity contribution is 5.88. The molecule has 2 aromatic carbocycles. The summed E-state index contributed by atoms with van der Waals surface area (Å²) in [5.41, 5.74) is 4.20. The third-order valence-corrected chi connectivity index (χ3v) is 15.1. The number of hydrogen-bond acceptors (Lipinski definition) is 3. The average Bonchev–Trinajstić information content (AvgIpc) is 3.44. The number of fused-ring (bicyclic) bond motifs is 7. The molecule has 1 amide bonds. The van der Waals surface area contributed by atoms with Crippen molar-refractivity contribution in [2.24, 2.45) is 45.3 Å². The van der Waals surface area contributed by atoms with Crippen LogP contribution in [0.25, 0.3) is 5.57 Å². The molecule has 6 heteroatoms. The van der Waals surface area contributed by atoms with Gasteiger partial charge in [0.1, 0.15) is 5.82 Å². The normalized spacial score (nSPS) is 38.6. The molecule has 0 spiro atoms. The Bertz CT molecular complexity index is 1580. The van der Waals surface area contributed by atoms with Gasteiger partial charge < -0.3 is 15.7 Å². The number of aromatic carboxylic acids is 1. The van der Waals surface area contributed by atoms with Crippen molar-refractivity contribution in [2.75, 3.05) is 11.9 Å². The van der Waals surface area contributed by atoms with Crippen molar-refractivity contribution in [3.63, 3.8) is 0 Å². The van der Waals surface area contributed by atoms with E-state index in [1.54, 1.807) is 24.3 Å². The number of carbonyl (C=O) groups is 2. The highest BCUT2D eigenvalue weighted by Gasteiger charge is 2.69. The van der Waals surface area contributed by atoms with E-state index in [4.69, 9.17) is 0 Å². The third kappa shape index (κ3) is 4.90. The van der Waals surface area contributed by atoms with E-state index in [1.807, 2.05) is 12.1 Å². The first kappa shape index (κ1) is 32.4. The number of anilines is 1. The topological polar surface area (TPSA) is 78.4 Å². The number of carbonyl (C=O) groups excluding carboxylic acids is 1. The lowest BCUT2D eigenvalue weighted by molar-refractivity contribution is -0.216. The maximum Gasteiger partial charge on any atom is 0.335 e. The molecule has 2 aromatic rings. The van der Waals surface area contributed by atoms with Crippen LogP contribution in [-0.4, -0.2) is 29.1 Å². The fourth-order valence-corrected chi connectivity index (χ4v) is 12.7. The van der Waals surface area contributed by atoms with Gasteiger partial charge in [-0.1, -0.05) is 59.2 Å². The summed E-state index contributed by atoms with van der Waals surface area (Å²) >= 11 is 0. The lowest BCUT2D eigenvalue weighted by Gasteiger charge is -2.72. The second kappa shape index (κ2) is 11.2. The minimum absolute atomic E-state index is 0.00375. The summed E-state index contributed by atoms with van der Waals surface area (Å²) in [5.74, 6) is 1.22. The molecule has 0 aliphatic heterocycles. The van der Waals surface area contributed by atoms with Crippen LogP contribution in [0.4, 0.5) is 10.1 Å². The monoisotopic (exact) mass is 640 g/mol. The Kier molecular flexibility index (Phi) is 7.72. The molecule has 47 heavy (non-hydrogen) atoms. The Labute approximate surface area is 280 Å². The fraction of sp³-hybridized carbons (Fsp3) is 0.610. The van der Waals surface area contributed by atoms with Gasteiger partial charge in [-0.15, -0.1) is 0 Å². The number of rotatable bonds is 6. The summed E-state index contributed by atoms with van der Waals surface area (Å²) in [7, 11) is 0. The summed E-state index contributed by atoms with van der Waals surface area (Å²) < 4.78 is 13.4. The van der Waals surface area contributed by atoms with E-state index < -0.39 is 5.97 Å². The van der Waals surface area contributed by atoms with E-state index in [2.05, 4.69) is 51.3 Å². The Balaban J connectivity index is 1.11. The predicted molar refractivity (Wildman–Crippen MR) is 185 cm³/mol. The minimum Gasteiger partial charge on any atom is -0.478 e. The highest BCUT2D eigenvalue weighted by Crippen LogP contribution is 2.76. The molecule has 0 heterocycles. The van der Waals surface area contributed by atoms with Crippen LogP contribution in [0.1, 0.15) is 115 Å². The molecular weight excluding hydrogens is 587 g/mol. The van der Waals surface area contributed by atoms with Crippen LogP contribution in [0, 0.1) is 51.1 Å². The summed E-state index contributed by atoms with van der Waals surface area (Å²) in [5, 5.41) is 16.2. The van der Waals surface area contributed by atoms with Gasteiger partial charge in [0.15, 0.2) is 0 Å². The minimum atomic E-state index is -0.879. The molecule has 5 aliphatic carbocycles. The van der Waals surface area contributed by atoms with Crippen molar-refractivity contribution >= 4 is 23.1 Å². The first-order valence-corrected chi connectivity index (χ1v) is 18.1. The number of allylic oxidation sites excluding steroid dienone is 2. The lowest BCUT2D eigenvalue weighted by Crippen LogP contribution is -2.67. The standard InChI is InChI=1S/C41H53FN2O3/c1-37(2)30(26-8-10-27(11-9-26)36(46)47)18-21-38(3)33(37)19-22-40(5)34(38)17-16-31-32-7-6-20-41(32,24-23-39(31,40)4)44-35(45)25-43-29-14-12-28(42)13-15-29/h8-15,18,31-34,43H,6-7,16-17,19-25H2,1-5H3,(H,44,45)(H,46,47)/t31-,32?,33?,34?,38+,39-,40-,41+/m1/s1. The predicted octanol–water partition coefficient (Wildman–Crippen LogP) is 9.35. The zero-order chi connectivity index (χ0) is 33.4. The van der Waals surface area contributed by atoms with Gasteiger partial charge in [0.05, 0.1) is 12.1 Å². The Hall–Kier alpha value is -3.15. The van der Waals surface area contributed by atoms with Gasteiger partial charge >= 0.3 is 5.97 Å². The van der Waals surface area contributed by atoms with Crippen molar-refractivity contribution in [3.05, 3.63) is 71.6 Å². The largest absolute Gasteiger partial charge is 0.478 e. The molecule has 8 atom stereocenters. The van der Waals surface area contributed by atoms with E-state index in [0.717, 1.165) is 36.9 Å². The van der Waals surface area contributed by atoms with E-state index in [1.165, 1.54) is 56.2 Å². The van der Waals surface area contributed by atoms with Crippen molar-refractivity contribution < 1.29 is 19.1 Å². The molecule has 5 nitrogen and oxygen atoms in total. The maximum absolute atomic E-state index is 13.4. The molecule has 4 fully saturated rings. The summed E-state index contributed by atoms with van der Waals surface area (Å²) in [6.07, 6.45) is 14.2. The van der Waals surface area contributed by atoms with E-state index in [9.17, 15) is 19.1 Å². The van der Waals surface area contributed by atoms with Crippen LogP contribution in [0.2, 0.25) is 0 Å². The molecular formula is C41H53FN2O3. The Morgan fingerprint density at radius 2 is 1.53 bits per heavy atom. The van der Waals surface area contributed by atoms with Crippen LogP contribution in [0.5, 0.6) is 0 Å². The number of carboxylic acids is 1. The van der Waals surface area contributed by atoms with Gasteiger partial charge in [-0.05, 0) is 151 Å². The van der Waals surface area contributed by atoms with E-state index >= 15 is 0 Å². The summed E-state index contributed by atoms with van der Waals surface area (Å²) in [6.45, 7) is 13.0. The second-order valence-corrected chi connectivity index (χ2v) is 17.2. The zero-order valence-corrected chi connectivity index (χ0v) is 28.9. The maximum atomic E-state index is 13.4. The van der Waals surface area contributed by atoms with Crippen LogP contribution in [0.3, 0.4) is 0 Å². The third-order valence-electron chi connectivity index (χ3n) is 15.1. The average molecular weight is 641 g/mol. The van der Waals surface area contributed by atoms with E-state index in [0.29, 0.717) is 29.2 Å². The number of hydrogen-bond donors (Lipinski definition) is 3. The van der Waals surface area contributed by atoms with Gasteiger partial charge in [0.25, 0.3) is 0 Å².